The predicted molar refractivity (Wildman–Crippen MR) is 111 cm³/mol. The highest BCUT2D eigenvalue weighted by atomic mass is 19.1. The van der Waals surface area contributed by atoms with Crippen molar-refractivity contribution in [3.63, 3.8) is 0 Å². The predicted octanol–water partition coefficient (Wildman–Crippen LogP) is 4.33. The van der Waals surface area contributed by atoms with Crippen LogP contribution < -0.4 is 10.1 Å². The lowest BCUT2D eigenvalue weighted by Crippen LogP contribution is -2.33. The topological polar surface area (TPSA) is 51.2 Å². The van der Waals surface area contributed by atoms with Crippen molar-refractivity contribution in [2.75, 3.05) is 6.54 Å². The van der Waals surface area contributed by atoms with Crippen molar-refractivity contribution < 1.29 is 13.9 Å². The van der Waals surface area contributed by atoms with Crippen molar-refractivity contribution in [2.45, 2.75) is 19.4 Å². The van der Waals surface area contributed by atoms with Crippen LogP contribution in [0.5, 0.6) is 5.75 Å². The minimum atomic E-state index is -0.300. The minimum absolute atomic E-state index is 0.103. The van der Waals surface area contributed by atoms with Gasteiger partial charge in [0.05, 0.1) is 12.2 Å². The van der Waals surface area contributed by atoms with E-state index in [-0.39, 0.29) is 17.8 Å². The molecule has 4 nitrogen and oxygen atoms in total. The Balaban J connectivity index is 1.34. The lowest BCUT2D eigenvalue weighted by atomic mass is 10.0. The molecule has 146 valence electrons. The van der Waals surface area contributed by atoms with E-state index >= 15 is 0 Å². The Morgan fingerprint density at radius 1 is 1.24 bits per heavy atom. The third kappa shape index (κ3) is 4.51. The molecule has 1 aliphatic rings. The molecule has 1 N–H and O–H groups in total. The summed E-state index contributed by atoms with van der Waals surface area (Å²) >= 11 is 0. The third-order valence-corrected chi connectivity index (χ3v) is 4.89. The molecular formula is C24H21FN2O2. The standard InChI is InChI=1S/C24H21FN2O2/c1-16-3-2-12-26-24(16)18-7-10-22-19(13-18)14-21(29-22)15-27-23(28)11-6-17-4-8-20(25)9-5-17/h2-13,21H,14-15H2,1H3,(H,27,28)/b11-6+/t21-/m0/s1. The highest BCUT2D eigenvalue weighted by molar-refractivity contribution is 5.91. The van der Waals surface area contributed by atoms with E-state index in [2.05, 4.69) is 16.4 Å². The number of halogens is 1. The molecule has 0 saturated heterocycles. The molecule has 0 bridgehead atoms. The molecule has 0 radical (unpaired) electrons. The number of benzene rings is 2. The number of hydrogen-bond donors (Lipinski definition) is 1. The lowest BCUT2D eigenvalue weighted by molar-refractivity contribution is -0.116. The SMILES string of the molecule is Cc1cccnc1-c1ccc2c(c1)C[C@@H](CNC(=O)/C=C/c1ccc(F)cc1)O2. The molecule has 2 heterocycles. The fourth-order valence-electron chi connectivity index (χ4n) is 3.39. The average Bonchev–Trinajstić information content (AvgIpc) is 3.14. The van der Waals surface area contributed by atoms with Crippen LogP contribution in [0.2, 0.25) is 0 Å². The monoisotopic (exact) mass is 388 g/mol. The Morgan fingerprint density at radius 2 is 2.07 bits per heavy atom. The van der Waals surface area contributed by atoms with E-state index in [4.69, 9.17) is 4.74 Å². The van der Waals surface area contributed by atoms with Crippen molar-refractivity contribution in [3.05, 3.63) is 89.4 Å². The summed E-state index contributed by atoms with van der Waals surface area (Å²) in [6.07, 6.45) is 5.52. The van der Waals surface area contributed by atoms with E-state index in [1.165, 1.54) is 18.2 Å². The van der Waals surface area contributed by atoms with Crippen LogP contribution in [0.15, 0.2) is 66.9 Å². The molecule has 5 heteroatoms. The number of hydrogen-bond acceptors (Lipinski definition) is 3. The lowest BCUT2D eigenvalue weighted by Gasteiger charge is -2.10. The van der Waals surface area contributed by atoms with Gasteiger partial charge in [-0.2, -0.15) is 0 Å². The van der Waals surface area contributed by atoms with Gasteiger partial charge < -0.3 is 10.1 Å². The number of aromatic nitrogens is 1. The fourth-order valence-corrected chi connectivity index (χ4v) is 3.39. The molecule has 29 heavy (non-hydrogen) atoms. The molecule has 2 aromatic carbocycles. The maximum Gasteiger partial charge on any atom is 0.244 e. The summed E-state index contributed by atoms with van der Waals surface area (Å²) in [5.74, 6) is 0.341. The number of amides is 1. The summed E-state index contributed by atoms with van der Waals surface area (Å²) in [4.78, 5) is 16.5. The summed E-state index contributed by atoms with van der Waals surface area (Å²) in [6, 6.07) is 16.0. The number of carbonyl (C=O) groups is 1. The first-order valence-electron chi connectivity index (χ1n) is 9.51. The second-order valence-electron chi connectivity index (χ2n) is 7.07. The summed E-state index contributed by atoms with van der Waals surface area (Å²) < 4.78 is 18.9. The van der Waals surface area contributed by atoms with Gasteiger partial charge in [-0.05, 0) is 66.1 Å². The molecule has 0 aliphatic carbocycles. The van der Waals surface area contributed by atoms with Crippen LogP contribution in [0.1, 0.15) is 16.7 Å². The number of aryl methyl sites for hydroxylation is 1. The molecule has 1 amide bonds. The Kier molecular flexibility index (Phi) is 5.38. The molecule has 0 spiro atoms. The second kappa shape index (κ2) is 8.27. The van der Waals surface area contributed by atoms with Crippen molar-refractivity contribution in [2.24, 2.45) is 0 Å². The average molecular weight is 388 g/mol. The van der Waals surface area contributed by atoms with Gasteiger partial charge in [0, 0.05) is 24.3 Å². The number of pyridine rings is 1. The van der Waals surface area contributed by atoms with Crippen molar-refractivity contribution in [1.82, 2.24) is 10.3 Å². The van der Waals surface area contributed by atoms with Gasteiger partial charge in [-0.15, -0.1) is 0 Å². The van der Waals surface area contributed by atoms with Crippen molar-refractivity contribution in [1.29, 1.82) is 0 Å². The minimum Gasteiger partial charge on any atom is -0.488 e. The molecule has 3 aromatic rings. The zero-order valence-electron chi connectivity index (χ0n) is 16.1. The normalized spacial score (nSPS) is 15.2. The Labute approximate surface area is 169 Å². The van der Waals surface area contributed by atoms with Gasteiger partial charge in [0.15, 0.2) is 0 Å². The Hall–Kier alpha value is -3.47. The second-order valence-corrected chi connectivity index (χ2v) is 7.07. The van der Waals surface area contributed by atoms with E-state index < -0.39 is 0 Å². The highest BCUT2D eigenvalue weighted by Crippen LogP contribution is 2.33. The zero-order valence-corrected chi connectivity index (χ0v) is 16.1. The molecule has 0 unspecified atom stereocenters. The quantitative estimate of drug-likeness (QED) is 0.662. The summed E-state index contributed by atoms with van der Waals surface area (Å²) in [5, 5.41) is 2.86. The number of nitrogens with zero attached hydrogens (tertiary/aromatic N) is 1. The maximum absolute atomic E-state index is 12.9. The maximum atomic E-state index is 12.9. The van der Waals surface area contributed by atoms with Crippen LogP contribution in [0.3, 0.4) is 0 Å². The first-order chi connectivity index (χ1) is 14.1. The molecule has 4 rings (SSSR count). The van der Waals surface area contributed by atoms with E-state index in [1.807, 2.05) is 31.2 Å². The van der Waals surface area contributed by atoms with E-state index in [1.54, 1.807) is 24.4 Å². The van der Waals surface area contributed by atoms with Crippen molar-refractivity contribution >= 4 is 12.0 Å². The number of ether oxygens (including phenoxy) is 1. The van der Waals surface area contributed by atoms with Gasteiger partial charge in [0.1, 0.15) is 17.7 Å². The van der Waals surface area contributed by atoms with Gasteiger partial charge in [0.25, 0.3) is 0 Å². The van der Waals surface area contributed by atoms with E-state index in [0.717, 1.165) is 40.1 Å². The smallest absolute Gasteiger partial charge is 0.244 e. The van der Waals surface area contributed by atoms with Gasteiger partial charge >= 0.3 is 0 Å². The van der Waals surface area contributed by atoms with Gasteiger partial charge in [0.2, 0.25) is 5.91 Å². The molecule has 1 atom stereocenters. The summed E-state index contributed by atoms with van der Waals surface area (Å²) in [6.45, 7) is 2.46. The van der Waals surface area contributed by atoms with Crippen LogP contribution in [0.25, 0.3) is 17.3 Å². The molecule has 0 fully saturated rings. The Bertz CT molecular complexity index is 1060. The van der Waals surface area contributed by atoms with E-state index in [9.17, 15) is 9.18 Å². The Morgan fingerprint density at radius 3 is 2.86 bits per heavy atom. The number of fused-ring (bicyclic) bond motifs is 1. The molecule has 1 aliphatic heterocycles. The summed E-state index contributed by atoms with van der Waals surface area (Å²) in [7, 11) is 0. The van der Waals surface area contributed by atoms with Gasteiger partial charge in [-0.25, -0.2) is 4.39 Å². The fraction of sp³-hybridized carbons (Fsp3) is 0.167. The first kappa shape index (κ1) is 18.9. The zero-order chi connectivity index (χ0) is 20.2. The van der Waals surface area contributed by atoms with Crippen LogP contribution in [-0.2, 0) is 11.2 Å². The number of carbonyl (C=O) groups excluding carboxylic acids is 1. The van der Waals surface area contributed by atoms with Crippen LogP contribution >= 0.6 is 0 Å². The highest BCUT2D eigenvalue weighted by Gasteiger charge is 2.23. The van der Waals surface area contributed by atoms with Crippen LogP contribution in [0.4, 0.5) is 4.39 Å². The molecular weight excluding hydrogens is 367 g/mol. The van der Waals surface area contributed by atoms with Gasteiger partial charge in [-0.3, -0.25) is 9.78 Å². The third-order valence-electron chi connectivity index (χ3n) is 4.89. The number of rotatable bonds is 5. The molecule has 1 aromatic heterocycles. The van der Waals surface area contributed by atoms with E-state index in [0.29, 0.717) is 6.54 Å². The molecule has 0 saturated carbocycles. The summed E-state index contributed by atoms with van der Waals surface area (Å²) in [5.41, 5.74) is 5.05. The number of nitrogens with one attached hydrogen (secondary N) is 1. The van der Waals surface area contributed by atoms with Crippen LogP contribution in [0, 0.1) is 12.7 Å². The largest absolute Gasteiger partial charge is 0.488 e. The first-order valence-corrected chi connectivity index (χ1v) is 9.51. The van der Waals surface area contributed by atoms with Crippen LogP contribution in [-0.4, -0.2) is 23.5 Å². The van der Waals surface area contributed by atoms with Gasteiger partial charge in [-0.1, -0.05) is 18.2 Å². The van der Waals surface area contributed by atoms with Crippen molar-refractivity contribution in [3.8, 4) is 17.0 Å².